The van der Waals surface area contributed by atoms with Crippen LogP contribution >= 0.6 is 11.6 Å². The van der Waals surface area contributed by atoms with Crippen molar-refractivity contribution in [3.8, 4) is 5.75 Å². The molecule has 1 fully saturated rings. The molecule has 2 atom stereocenters. The van der Waals surface area contributed by atoms with E-state index in [4.69, 9.17) is 16.3 Å². The Morgan fingerprint density at radius 1 is 1.36 bits per heavy atom. The molecule has 9 heteroatoms. The quantitative estimate of drug-likeness (QED) is 0.742. The molecular formula is C16H21ClN2O5S. The molecule has 1 aromatic rings. The average Bonchev–Trinajstić information content (AvgIpc) is 2.87. The van der Waals surface area contributed by atoms with Crippen LogP contribution in [0, 0.1) is 12.8 Å². The summed E-state index contributed by atoms with van der Waals surface area (Å²) >= 11 is 5.93. The zero-order valence-corrected chi connectivity index (χ0v) is 15.6. The number of hydrogen-bond donors (Lipinski definition) is 2. The molecule has 1 saturated heterocycles. The first-order valence-electron chi connectivity index (χ1n) is 7.88. The highest BCUT2D eigenvalue weighted by Gasteiger charge is 2.29. The van der Waals surface area contributed by atoms with Gasteiger partial charge in [0.1, 0.15) is 5.75 Å². The van der Waals surface area contributed by atoms with Gasteiger partial charge in [-0.1, -0.05) is 11.6 Å². The number of nitrogens with one attached hydrogen (secondary N) is 2. The molecule has 0 bridgehead atoms. The lowest BCUT2D eigenvalue weighted by atomic mass is 10.1. The molecule has 0 spiro atoms. The molecule has 2 N–H and O–H groups in total. The van der Waals surface area contributed by atoms with Crippen molar-refractivity contribution in [3.05, 3.63) is 28.8 Å². The van der Waals surface area contributed by atoms with E-state index in [1.807, 2.05) is 6.92 Å². The minimum absolute atomic E-state index is 0.0177. The highest BCUT2D eigenvalue weighted by molar-refractivity contribution is 7.91. The van der Waals surface area contributed by atoms with Crippen LogP contribution in [0.25, 0.3) is 0 Å². The van der Waals surface area contributed by atoms with Crippen molar-refractivity contribution in [2.75, 3.05) is 11.5 Å². The number of hydrogen-bond acceptors (Lipinski definition) is 5. The van der Waals surface area contributed by atoms with Gasteiger partial charge in [-0.3, -0.25) is 20.4 Å². The normalized spacial score (nSPS) is 19.9. The number of sulfone groups is 1. The second kappa shape index (κ2) is 8.05. The summed E-state index contributed by atoms with van der Waals surface area (Å²) in [4.78, 5) is 23.8. The van der Waals surface area contributed by atoms with Gasteiger partial charge in [-0.15, -0.1) is 0 Å². The summed E-state index contributed by atoms with van der Waals surface area (Å²) in [6.45, 7) is 3.37. The van der Waals surface area contributed by atoms with E-state index in [-0.39, 0.29) is 23.8 Å². The van der Waals surface area contributed by atoms with E-state index in [0.29, 0.717) is 17.2 Å². The average molecular weight is 389 g/mol. The van der Waals surface area contributed by atoms with Crippen LogP contribution in [-0.2, 0) is 19.4 Å². The fourth-order valence-electron chi connectivity index (χ4n) is 2.53. The fraction of sp³-hybridized carbons (Fsp3) is 0.500. The lowest BCUT2D eigenvalue weighted by Gasteiger charge is -2.16. The number of rotatable bonds is 5. The highest BCUT2D eigenvalue weighted by Crippen LogP contribution is 2.22. The summed E-state index contributed by atoms with van der Waals surface area (Å²) < 4.78 is 28.2. The monoisotopic (exact) mass is 388 g/mol. The van der Waals surface area contributed by atoms with Crippen LogP contribution in [-0.4, -0.2) is 37.8 Å². The molecule has 1 aliphatic heterocycles. The zero-order chi connectivity index (χ0) is 18.6. The van der Waals surface area contributed by atoms with Crippen LogP contribution in [0.3, 0.4) is 0 Å². The van der Waals surface area contributed by atoms with Gasteiger partial charge in [0.15, 0.2) is 15.9 Å². The number of halogens is 1. The van der Waals surface area contributed by atoms with Gasteiger partial charge in [-0.05, 0) is 49.9 Å². The van der Waals surface area contributed by atoms with Gasteiger partial charge in [0.05, 0.1) is 11.5 Å². The van der Waals surface area contributed by atoms with Gasteiger partial charge in [-0.25, -0.2) is 8.42 Å². The zero-order valence-electron chi connectivity index (χ0n) is 14.0. The Morgan fingerprint density at radius 3 is 2.68 bits per heavy atom. The van der Waals surface area contributed by atoms with Gasteiger partial charge >= 0.3 is 0 Å². The minimum atomic E-state index is -3.02. The van der Waals surface area contributed by atoms with Crippen LogP contribution < -0.4 is 15.6 Å². The van der Waals surface area contributed by atoms with Crippen molar-refractivity contribution < 1.29 is 22.7 Å². The van der Waals surface area contributed by atoms with Crippen LogP contribution in [0.4, 0.5) is 0 Å². The smallest absolute Gasteiger partial charge is 0.279 e. The molecule has 0 aromatic heterocycles. The minimum Gasteiger partial charge on any atom is -0.481 e. The maximum atomic E-state index is 12.0. The lowest BCUT2D eigenvalue weighted by molar-refractivity contribution is -0.133. The maximum Gasteiger partial charge on any atom is 0.279 e. The molecular weight excluding hydrogens is 368 g/mol. The van der Waals surface area contributed by atoms with Gasteiger partial charge in [0.2, 0.25) is 5.91 Å². The fourth-order valence-corrected chi connectivity index (χ4v) is 4.51. The Hall–Kier alpha value is -1.80. The van der Waals surface area contributed by atoms with Gasteiger partial charge < -0.3 is 4.74 Å². The van der Waals surface area contributed by atoms with Gasteiger partial charge in [0, 0.05) is 11.4 Å². The summed E-state index contributed by atoms with van der Waals surface area (Å²) in [7, 11) is -3.02. The summed E-state index contributed by atoms with van der Waals surface area (Å²) in [5.41, 5.74) is 5.40. The first-order valence-corrected chi connectivity index (χ1v) is 10.1. The summed E-state index contributed by atoms with van der Waals surface area (Å²) in [6.07, 6.45) is -0.294. The second-order valence-corrected chi connectivity index (χ2v) is 8.82. The van der Waals surface area contributed by atoms with E-state index in [9.17, 15) is 18.0 Å². The van der Waals surface area contributed by atoms with E-state index >= 15 is 0 Å². The van der Waals surface area contributed by atoms with Crippen LogP contribution in [0.2, 0.25) is 5.02 Å². The van der Waals surface area contributed by atoms with Crippen LogP contribution in [0.15, 0.2) is 18.2 Å². The number of carbonyl (C=O) groups is 2. The Morgan fingerprint density at radius 2 is 2.08 bits per heavy atom. The molecule has 7 nitrogen and oxygen atoms in total. The van der Waals surface area contributed by atoms with Crippen LogP contribution in [0.1, 0.15) is 25.3 Å². The SMILES string of the molecule is Cc1cc(OC(C)C(=O)NNC(=O)CC2CCS(=O)(=O)C2)ccc1Cl. The van der Waals surface area contributed by atoms with Crippen molar-refractivity contribution in [2.24, 2.45) is 5.92 Å². The Bertz CT molecular complexity index is 766. The van der Waals surface area contributed by atoms with Gasteiger partial charge in [-0.2, -0.15) is 0 Å². The molecule has 1 aliphatic rings. The molecule has 0 radical (unpaired) electrons. The van der Waals surface area contributed by atoms with Crippen molar-refractivity contribution in [3.63, 3.8) is 0 Å². The third kappa shape index (κ3) is 5.89. The molecule has 2 rings (SSSR count). The third-order valence-corrected chi connectivity index (χ3v) is 6.20. The van der Waals surface area contributed by atoms with E-state index in [1.54, 1.807) is 25.1 Å². The Balaban J connectivity index is 1.77. The number of hydrazine groups is 1. The van der Waals surface area contributed by atoms with E-state index < -0.39 is 27.8 Å². The number of amides is 2. The van der Waals surface area contributed by atoms with E-state index in [0.717, 1.165) is 5.56 Å². The molecule has 0 saturated carbocycles. The van der Waals surface area contributed by atoms with Gasteiger partial charge in [0.25, 0.3) is 5.91 Å². The Kier molecular flexibility index (Phi) is 6.29. The first kappa shape index (κ1) is 19.5. The molecule has 1 aromatic carbocycles. The summed E-state index contributed by atoms with van der Waals surface area (Å²) in [6, 6.07) is 5.04. The van der Waals surface area contributed by atoms with Crippen LogP contribution in [0.5, 0.6) is 5.75 Å². The molecule has 2 amide bonds. The molecule has 25 heavy (non-hydrogen) atoms. The van der Waals surface area contributed by atoms with Crippen molar-refractivity contribution in [2.45, 2.75) is 32.8 Å². The predicted octanol–water partition coefficient (Wildman–Crippen LogP) is 1.39. The summed E-state index contributed by atoms with van der Waals surface area (Å²) in [5.74, 6) is -0.517. The topological polar surface area (TPSA) is 102 Å². The summed E-state index contributed by atoms with van der Waals surface area (Å²) in [5, 5.41) is 0.602. The molecule has 138 valence electrons. The third-order valence-electron chi connectivity index (χ3n) is 3.94. The number of ether oxygens (including phenoxy) is 1. The highest BCUT2D eigenvalue weighted by atomic mass is 35.5. The van der Waals surface area contributed by atoms with E-state index in [2.05, 4.69) is 10.9 Å². The standard InChI is InChI=1S/C16H21ClN2O5S/c1-10-7-13(3-4-14(10)17)24-11(2)16(21)19-18-15(20)8-12-5-6-25(22,23)9-12/h3-4,7,11-12H,5-6,8-9H2,1-2H3,(H,18,20)(H,19,21). The molecule has 2 unspecified atom stereocenters. The second-order valence-electron chi connectivity index (χ2n) is 6.18. The van der Waals surface area contributed by atoms with Crippen molar-refractivity contribution in [1.82, 2.24) is 10.9 Å². The lowest BCUT2D eigenvalue weighted by Crippen LogP contribution is -2.47. The predicted molar refractivity (Wildman–Crippen MR) is 93.9 cm³/mol. The van der Waals surface area contributed by atoms with Crippen molar-refractivity contribution in [1.29, 1.82) is 0 Å². The first-order chi connectivity index (χ1) is 11.7. The largest absolute Gasteiger partial charge is 0.481 e. The maximum absolute atomic E-state index is 12.0. The number of benzene rings is 1. The van der Waals surface area contributed by atoms with Crippen molar-refractivity contribution >= 4 is 33.3 Å². The number of carbonyl (C=O) groups excluding carboxylic acids is 2. The Labute approximate surface area is 152 Å². The number of aryl methyl sites for hydroxylation is 1. The molecule has 0 aliphatic carbocycles. The molecule has 1 heterocycles. The van der Waals surface area contributed by atoms with E-state index in [1.165, 1.54) is 0 Å².